The van der Waals surface area contributed by atoms with E-state index in [0.29, 0.717) is 21.9 Å². The summed E-state index contributed by atoms with van der Waals surface area (Å²) in [5.41, 5.74) is 1.03. The third-order valence-corrected chi connectivity index (χ3v) is 4.82. The van der Waals surface area contributed by atoms with E-state index < -0.39 is 17.7 Å². The summed E-state index contributed by atoms with van der Waals surface area (Å²) in [4.78, 5) is 26.9. The SMILES string of the molecule is COCCN1C(=O)C(=O)/C(=C(\O)c2cccc(Cl)c2)C1c1cccc(OC)c1. The van der Waals surface area contributed by atoms with Crippen LogP contribution in [0.25, 0.3) is 5.76 Å². The van der Waals surface area contributed by atoms with Crippen molar-refractivity contribution in [2.45, 2.75) is 6.04 Å². The van der Waals surface area contributed by atoms with Crippen molar-refractivity contribution >= 4 is 29.1 Å². The Bertz CT molecular complexity index is 940. The summed E-state index contributed by atoms with van der Waals surface area (Å²) in [5, 5.41) is 11.3. The van der Waals surface area contributed by atoms with Crippen molar-refractivity contribution in [3.05, 3.63) is 70.3 Å². The van der Waals surface area contributed by atoms with Crippen molar-refractivity contribution in [2.24, 2.45) is 0 Å². The van der Waals surface area contributed by atoms with E-state index in [1.807, 2.05) is 0 Å². The lowest BCUT2D eigenvalue weighted by molar-refractivity contribution is -0.140. The van der Waals surface area contributed by atoms with Crippen LogP contribution in [-0.4, -0.2) is 49.1 Å². The van der Waals surface area contributed by atoms with E-state index in [9.17, 15) is 14.7 Å². The van der Waals surface area contributed by atoms with Crippen molar-refractivity contribution < 1.29 is 24.2 Å². The minimum absolute atomic E-state index is 0.0108. The van der Waals surface area contributed by atoms with Crippen molar-refractivity contribution in [3.63, 3.8) is 0 Å². The molecule has 28 heavy (non-hydrogen) atoms. The summed E-state index contributed by atoms with van der Waals surface area (Å²) < 4.78 is 10.4. The highest BCUT2D eigenvalue weighted by Gasteiger charge is 2.45. The first-order chi connectivity index (χ1) is 13.5. The number of aliphatic hydroxyl groups excluding tert-OH is 1. The fourth-order valence-corrected chi connectivity index (χ4v) is 3.44. The molecule has 0 bridgehead atoms. The molecule has 7 heteroatoms. The summed E-state index contributed by atoms with van der Waals surface area (Å²) in [5.74, 6) is -1.12. The summed E-state index contributed by atoms with van der Waals surface area (Å²) in [6.45, 7) is 0.458. The average Bonchev–Trinajstić information content (AvgIpc) is 2.96. The van der Waals surface area contributed by atoms with Gasteiger partial charge in [0.2, 0.25) is 0 Å². The van der Waals surface area contributed by atoms with Crippen LogP contribution < -0.4 is 4.74 Å². The number of halogens is 1. The summed E-state index contributed by atoms with van der Waals surface area (Å²) in [7, 11) is 3.05. The van der Waals surface area contributed by atoms with E-state index in [2.05, 4.69) is 0 Å². The Hall–Kier alpha value is -2.83. The number of ether oxygens (including phenoxy) is 2. The van der Waals surface area contributed by atoms with Crippen LogP contribution in [0.3, 0.4) is 0 Å². The maximum atomic E-state index is 12.8. The third-order valence-electron chi connectivity index (χ3n) is 4.58. The molecular weight excluding hydrogens is 382 g/mol. The summed E-state index contributed by atoms with van der Waals surface area (Å²) >= 11 is 6.02. The molecule has 1 heterocycles. The van der Waals surface area contributed by atoms with Gasteiger partial charge in [0.15, 0.2) is 0 Å². The van der Waals surface area contributed by atoms with Crippen molar-refractivity contribution in [3.8, 4) is 5.75 Å². The quantitative estimate of drug-likeness (QED) is 0.456. The average molecular weight is 402 g/mol. The Morgan fingerprint density at radius 2 is 1.89 bits per heavy atom. The smallest absolute Gasteiger partial charge is 0.295 e. The number of carbonyl (C=O) groups is 2. The van der Waals surface area contributed by atoms with Crippen LogP contribution in [0.15, 0.2) is 54.1 Å². The fraction of sp³-hybridized carbons (Fsp3) is 0.238. The molecule has 0 aliphatic carbocycles. The van der Waals surface area contributed by atoms with E-state index in [0.717, 1.165) is 0 Å². The van der Waals surface area contributed by atoms with Crippen LogP contribution in [0.2, 0.25) is 5.02 Å². The molecule has 1 amide bonds. The number of likely N-dealkylation sites (tertiary alicyclic amines) is 1. The lowest BCUT2D eigenvalue weighted by Gasteiger charge is -2.25. The Morgan fingerprint density at radius 1 is 1.14 bits per heavy atom. The second kappa shape index (κ2) is 8.46. The van der Waals surface area contributed by atoms with Gasteiger partial charge in [-0.2, -0.15) is 0 Å². The van der Waals surface area contributed by atoms with E-state index in [1.54, 1.807) is 48.5 Å². The molecule has 1 N–H and O–H groups in total. The molecule has 1 aliphatic rings. The van der Waals surface area contributed by atoms with Crippen LogP contribution in [0.5, 0.6) is 5.75 Å². The normalized spacial score (nSPS) is 18.5. The molecule has 1 saturated heterocycles. The first-order valence-electron chi connectivity index (χ1n) is 8.65. The van der Waals surface area contributed by atoms with Crippen LogP contribution >= 0.6 is 11.6 Å². The zero-order chi connectivity index (χ0) is 20.3. The number of carbonyl (C=O) groups excluding carboxylic acids is 2. The predicted octanol–water partition coefficient (Wildman–Crippen LogP) is 3.42. The topological polar surface area (TPSA) is 76.1 Å². The van der Waals surface area contributed by atoms with Gasteiger partial charge in [-0.3, -0.25) is 9.59 Å². The van der Waals surface area contributed by atoms with Gasteiger partial charge in [-0.15, -0.1) is 0 Å². The number of methoxy groups -OCH3 is 2. The van der Waals surface area contributed by atoms with Gasteiger partial charge in [0.25, 0.3) is 11.7 Å². The van der Waals surface area contributed by atoms with Gasteiger partial charge in [-0.05, 0) is 29.8 Å². The van der Waals surface area contributed by atoms with E-state index in [4.69, 9.17) is 21.1 Å². The fourth-order valence-electron chi connectivity index (χ4n) is 3.25. The molecule has 2 aromatic carbocycles. The number of rotatable bonds is 6. The standard InChI is InChI=1S/C21H20ClNO5/c1-27-10-9-23-18(13-5-4-8-16(12-13)28-2)17(20(25)21(23)26)19(24)14-6-3-7-15(22)11-14/h3-8,11-12,18,24H,9-10H2,1-2H3/b19-17-. The monoisotopic (exact) mass is 401 g/mol. The van der Waals surface area contributed by atoms with Crippen LogP contribution in [-0.2, 0) is 14.3 Å². The number of ketones is 1. The first-order valence-corrected chi connectivity index (χ1v) is 9.03. The molecule has 3 rings (SSSR count). The van der Waals surface area contributed by atoms with Crippen molar-refractivity contribution in [1.82, 2.24) is 4.90 Å². The highest BCUT2D eigenvalue weighted by Crippen LogP contribution is 2.40. The molecule has 6 nitrogen and oxygen atoms in total. The van der Waals surface area contributed by atoms with Gasteiger partial charge in [-0.1, -0.05) is 35.9 Å². The van der Waals surface area contributed by atoms with Crippen LogP contribution in [0.1, 0.15) is 17.2 Å². The van der Waals surface area contributed by atoms with Crippen LogP contribution in [0.4, 0.5) is 0 Å². The molecule has 0 saturated carbocycles. The summed E-state index contributed by atoms with van der Waals surface area (Å²) in [6.07, 6.45) is 0. The van der Waals surface area contributed by atoms with Gasteiger partial charge in [0.1, 0.15) is 11.5 Å². The maximum Gasteiger partial charge on any atom is 0.295 e. The molecule has 1 unspecified atom stereocenters. The lowest BCUT2D eigenvalue weighted by Crippen LogP contribution is -2.32. The van der Waals surface area contributed by atoms with E-state index in [-0.39, 0.29) is 24.5 Å². The number of nitrogens with zero attached hydrogens (tertiary/aromatic N) is 1. The van der Waals surface area contributed by atoms with Gasteiger partial charge in [0, 0.05) is 24.2 Å². The molecule has 0 spiro atoms. The minimum Gasteiger partial charge on any atom is -0.507 e. The first kappa shape index (κ1) is 19.9. The molecule has 2 aromatic rings. The Balaban J connectivity index is 2.18. The maximum absolute atomic E-state index is 12.8. The molecular formula is C21H20ClNO5. The minimum atomic E-state index is -0.760. The van der Waals surface area contributed by atoms with Gasteiger partial charge >= 0.3 is 0 Å². The van der Waals surface area contributed by atoms with Gasteiger partial charge < -0.3 is 19.5 Å². The number of hydrogen-bond donors (Lipinski definition) is 1. The number of hydrogen-bond acceptors (Lipinski definition) is 5. The van der Waals surface area contributed by atoms with Crippen LogP contribution in [0, 0.1) is 0 Å². The third kappa shape index (κ3) is 3.74. The molecule has 1 fully saturated rings. The number of benzene rings is 2. The Kier molecular flexibility index (Phi) is 6.02. The van der Waals surface area contributed by atoms with Gasteiger partial charge in [0.05, 0.1) is 25.3 Å². The molecule has 146 valence electrons. The largest absolute Gasteiger partial charge is 0.507 e. The van der Waals surface area contributed by atoms with E-state index in [1.165, 1.54) is 19.1 Å². The number of aliphatic hydroxyl groups is 1. The zero-order valence-corrected chi connectivity index (χ0v) is 16.3. The second-order valence-corrected chi connectivity index (χ2v) is 6.71. The highest BCUT2D eigenvalue weighted by atomic mass is 35.5. The molecule has 0 radical (unpaired) electrons. The summed E-state index contributed by atoms with van der Waals surface area (Å²) in [6, 6.07) is 12.8. The Labute approximate surface area is 167 Å². The second-order valence-electron chi connectivity index (χ2n) is 6.27. The van der Waals surface area contributed by atoms with Crippen molar-refractivity contribution in [2.75, 3.05) is 27.4 Å². The van der Waals surface area contributed by atoms with Crippen molar-refractivity contribution in [1.29, 1.82) is 0 Å². The number of Topliss-reactive ketones (excluding diaryl/α,β-unsaturated/α-hetero) is 1. The number of amides is 1. The molecule has 1 atom stereocenters. The highest BCUT2D eigenvalue weighted by molar-refractivity contribution is 6.46. The lowest BCUT2D eigenvalue weighted by atomic mass is 9.95. The molecule has 1 aliphatic heterocycles. The zero-order valence-electron chi connectivity index (χ0n) is 15.5. The van der Waals surface area contributed by atoms with E-state index >= 15 is 0 Å². The Morgan fingerprint density at radius 3 is 2.57 bits per heavy atom. The molecule has 0 aromatic heterocycles. The predicted molar refractivity (Wildman–Crippen MR) is 105 cm³/mol. The van der Waals surface area contributed by atoms with Gasteiger partial charge in [-0.25, -0.2) is 0 Å².